The summed E-state index contributed by atoms with van der Waals surface area (Å²) in [5.41, 5.74) is 3.14. The highest BCUT2D eigenvalue weighted by Gasteiger charge is 2.10. The Morgan fingerprint density at radius 1 is 1.19 bits per heavy atom. The molecule has 7 heteroatoms. The third kappa shape index (κ3) is 4.73. The van der Waals surface area contributed by atoms with E-state index >= 15 is 0 Å². The predicted molar refractivity (Wildman–Crippen MR) is 102 cm³/mol. The number of benzene rings is 2. The summed E-state index contributed by atoms with van der Waals surface area (Å²) in [5, 5.41) is 14.0. The zero-order valence-electron chi connectivity index (χ0n) is 14.1. The van der Waals surface area contributed by atoms with Gasteiger partial charge in [-0.1, -0.05) is 42.0 Å². The summed E-state index contributed by atoms with van der Waals surface area (Å²) in [5.74, 6) is -0.199. The first-order valence-corrected chi connectivity index (χ1v) is 8.85. The highest BCUT2D eigenvalue weighted by Crippen LogP contribution is 2.22. The molecule has 2 aromatic carbocycles. The fourth-order valence-electron chi connectivity index (χ4n) is 2.55. The Morgan fingerprint density at radius 2 is 1.96 bits per heavy atom. The first-order chi connectivity index (χ1) is 12.5. The van der Waals surface area contributed by atoms with E-state index in [0.29, 0.717) is 10.7 Å². The van der Waals surface area contributed by atoms with Crippen molar-refractivity contribution in [3.63, 3.8) is 0 Å². The molecular formula is C19H17N3O3S. The van der Waals surface area contributed by atoms with Crippen LogP contribution in [0.1, 0.15) is 21.6 Å². The van der Waals surface area contributed by atoms with E-state index in [1.807, 2.05) is 6.07 Å². The van der Waals surface area contributed by atoms with E-state index in [1.54, 1.807) is 18.3 Å². The summed E-state index contributed by atoms with van der Waals surface area (Å²) < 4.78 is 0. The molecule has 1 heterocycles. The fraction of sp³-hybridized carbons (Fsp3) is 0.158. The van der Waals surface area contributed by atoms with Crippen LogP contribution in [0.25, 0.3) is 0 Å². The highest BCUT2D eigenvalue weighted by atomic mass is 32.1. The molecular weight excluding hydrogens is 350 g/mol. The summed E-state index contributed by atoms with van der Waals surface area (Å²) in [6.07, 6.45) is 2.69. The second-order valence-electron chi connectivity index (χ2n) is 5.95. The number of aromatic nitrogens is 1. The minimum atomic E-state index is -0.463. The zero-order valence-corrected chi connectivity index (χ0v) is 15.0. The van der Waals surface area contributed by atoms with E-state index in [4.69, 9.17) is 0 Å². The normalized spacial score (nSPS) is 10.5. The molecule has 0 atom stereocenters. The standard InChI is InChI=1S/C19H17N3O3S/c1-13-3-2-4-15(9-13)10-17-12-20-19(26-17)21-18(23)11-14-5-7-16(8-6-14)22(24)25/h2-9,12H,10-11H2,1H3,(H,20,21,23). The van der Waals surface area contributed by atoms with Crippen LogP contribution in [-0.2, 0) is 17.6 Å². The molecule has 6 nitrogen and oxygen atoms in total. The molecule has 0 unspecified atom stereocenters. The number of thiazole rings is 1. The van der Waals surface area contributed by atoms with Gasteiger partial charge in [-0.25, -0.2) is 4.98 Å². The lowest BCUT2D eigenvalue weighted by atomic mass is 10.1. The molecule has 0 spiro atoms. The van der Waals surface area contributed by atoms with Crippen LogP contribution in [-0.4, -0.2) is 15.8 Å². The number of carbonyl (C=O) groups is 1. The molecule has 0 bridgehead atoms. The maximum atomic E-state index is 12.1. The van der Waals surface area contributed by atoms with Crippen molar-refractivity contribution in [3.8, 4) is 0 Å². The van der Waals surface area contributed by atoms with Crippen LogP contribution < -0.4 is 5.32 Å². The summed E-state index contributed by atoms with van der Waals surface area (Å²) in [6.45, 7) is 2.06. The quantitative estimate of drug-likeness (QED) is 0.524. The van der Waals surface area contributed by atoms with Crippen LogP contribution in [0.5, 0.6) is 0 Å². The molecule has 0 saturated carbocycles. The van der Waals surface area contributed by atoms with Crippen LogP contribution in [0.3, 0.4) is 0 Å². The molecule has 0 fully saturated rings. The summed E-state index contributed by atoms with van der Waals surface area (Å²) in [6, 6.07) is 14.2. The molecule has 0 radical (unpaired) electrons. The van der Waals surface area contributed by atoms with Crippen molar-refractivity contribution in [1.29, 1.82) is 0 Å². The van der Waals surface area contributed by atoms with Crippen molar-refractivity contribution in [2.45, 2.75) is 19.8 Å². The highest BCUT2D eigenvalue weighted by molar-refractivity contribution is 7.15. The predicted octanol–water partition coefficient (Wildman–Crippen LogP) is 4.13. The molecule has 3 rings (SSSR count). The first kappa shape index (κ1) is 17.8. The summed E-state index contributed by atoms with van der Waals surface area (Å²) >= 11 is 1.45. The minimum absolute atomic E-state index is 0.00914. The maximum absolute atomic E-state index is 12.1. The largest absolute Gasteiger partial charge is 0.302 e. The lowest BCUT2D eigenvalue weighted by Crippen LogP contribution is -2.14. The Morgan fingerprint density at radius 3 is 2.65 bits per heavy atom. The Labute approximate surface area is 154 Å². The van der Waals surface area contributed by atoms with E-state index in [1.165, 1.54) is 34.6 Å². The topological polar surface area (TPSA) is 85.1 Å². The molecule has 0 saturated heterocycles. The number of nitrogens with one attached hydrogen (secondary N) is 1. The van der Waals surface area contributed by atoms with Crippen LogP contribution in [0, 0.1) is 17.0 Å². The number of anilines is 1. The third-order valence-electron chi connectivity index (χ3n) is 3.77. The van der Waals surface area contributed by atoms with Gasteiger partial charge in [-0.3, -0.25) is 14.9 Å². The Hall–Kier alpha value is -3.06. The molecule has 132 valence electrons. The maximum Gasteiger partial charge on any atom is 0.269 e. The van der Waals surface area contributed by atoms with Crippen molar-refractivity contribution in [2.75, 3.05) is 5.32 Å². The monoisotopic (exact) mass is 367 g/mol. The Bertz CT molecular complexity index is 935. The van der Waals surface area contributed by atoms with Gasteiger partial charge in [0.15, 0.2) is 5.13 Å². The van der Waals surface area contributed by atoms with Gasteiger partial charge in [-0.05, 0) is 18.1 Å². The lowest BCUT2D eigenvalue weighted by molar-refractivity contribution is -0.384. The van der Waals surface area contributed by atoms with Crippen molar-refractivity contribution >= 4 is 28.1 Å². The molecule has 3 aromatic rings. The summed E-state index contributed by atoms with van der Waals surface area (Å²) in [4.78, 5) is 27.6. The molecule has 0 aliphatic carbocycles. The van der Waals surface area contributed by atoms with Gasteiger partial charge in [0, 0.05) is 29.6 Å². The Balaban J connectivity index is 1.58. The van der Waals surface area contributed by atoms with Crippen molar-refractivity contribution in [1.82, 2.24) is 4.98 Å². The number of rotatable bonds is 6. The fourth-order valence-corrected chi connectivity index (χ4v) is 3.42. The number of non-ortho nitro benzene ring substituents is 1. The number of amides is 1. The van der Waals surface area contributed by atoms with Gasteiger partial charge in [0.05, 0.1) is 11.3 Å². The third-order valence-corrected chi connectivity index (χ3v) is 4.69. The number of hydrogen-bond acceptors (Lipinski definition) is 5. The van der Waals surface area contributed by atoms with Crippen molar-refractivity contribution < 1.29 is 9.72 Å². The van der Waals surface area contributed by atoms with Gasteiger partial charge in [0.2, 0.25) is 5.91 Å². The summed E-state index contributed by atoms with van der Waals surface area (Å²) in [7, 11) is 0. The van der Waals surface area contributed by atoms with Crippen molar-refractivity contribution in [2.24, 2.45) is 0 Å². The van der Waals surface area contributed by atoms with Gasteiger partial charge in [0.1, 0.15) is 0 Å². The van der Waals surface area contributed by atoms with Crippen LogP contribution >= 0.6 is 11.3 Å². The Kier molecular flexibility index (Phi) is 5.38. The van der Waals surface area contributed by atoms with Gasteiger partial charge < -0.3 is 5.32 Å². The molecule has 26 heavy (non-hydrogen) atoms. The average molecular weight is 367 g/mol. The number of aryl methyl sites for hydroxylation is 1. The number of nitrogens with zero attached hydrogens (tertiary/aromatic N) is 2. The van der Waals surface area contributed by atoms with E-state index in [9.17, 15) is 14.9 Å². The zero-order chi connectivity index (χ0) is 18.5. The lowest BCUT2D eigenvalue weighted by Gasteiger charge is -2.02. The van der Waals surface area contributed by atoms with Gasteiger partial charge in [0.25, 0.3) is 5.69 Å². The molecule has 1 amide bonds. The minimum Gasteiger partial charge on any atom is -0.302 e. The molecule has 1 aromatic heterocycles. The second kappa shape index (κ2) is 7.88. The van der Waals surface area contributed by atoms with Crippen LogP contribution in [0.4, 0.5) is 10.8 Å². The van der Waals surface area contributed by atoms with Gasteiger partial charge in [-0.15, -0.1) is 11.3 Å². The average Bonchev–Trinajstić information content (AvgIpc) is 3.02. The van der Waals surface area contributed by atoms with Gasteiger partial charge >= 0.3 is 0 Å². The number of nitro groups is 1. The van der Waals surface area contributed by atoms with Crippen LogP contribution in [0.2, 0.25) is 0 Å². The number of nitro benzene ring substituents is 1. The SMILES string of the molecule is Cc1cccc(Cc2cnc(NC(=O)Cc3ccc([N+](=O)[O-])cc3)s2)c1. The number of hydrogen-bond donors (Lipinski definition) is 1. The molecule has 1 N–H and O–H groups in total. The van der Waals surface area contributed by atoms with E-state index in [0.717, 1.165) is 11.3 Å². The molecule has 0 aliphatic rings. The van der Waals surface area contributed by atoms with Crippen molar-refractivity contribution in [3.05, 3.63) is 86.4 Å². The van der Waals surface area contributed by atoms with E-state index in [2.05, 4.69) is 35.4 Å². The van der Waals surface area contributed by atoms with Crippen LogP contribution in [0.15, 0.2) is 54.7 Å². The van der Waals surface area contributed by atoms with E-state index in [-0.39, 0.29) is 18.0 Å². The first-order valence-electron chi connectivity index (χ1n) is 8.03. The second-order valence-corrected chi connectivity index (χ2v) is 7.06. The molecule has 0 aliphatic heterocycles. The van der Waals surface area contributed by atoms with E-state index < -0.39 is 4.92 Å². The smallest absolute Gasteiger partial charge is 0.269 e. The van der Waals surface area contributed by atoms with Gasteiger partial charge in [-0.2, -0.15) is 0 Å². The number of carbonyl (C=O) groups excluding carboxylic acids is 1.